The summed E-state index contributed by atoms with van der Waals surface area (Å²) in [7, 11) is 2.04. The highest BCUT2D eigenvalue weighted by Crippen LogP contribution is 2.44. The van der Waals surface area contributed by atoms with Crippen LogP contribution in [-0.2, 0) is 25.3 Å². The zero-order chi connectivity index (χ0) is 23.9. The van der Waals surface area contributed by atoms with Crippen molar-refractivity contribution < 1.29 is 0 Å². The number of hydrogen-bond donors (Lipinski definition) is 0. The van der Waals surface area contributed by atoms with Crippen LogP contribution in [0.4, 0.5) is 0 Å². The molecule has 5 heteroatoms. The van der Waals surface area contributed by atoms with E-state index < -0.39 is 5.41 Å². The van der Waals surface area contributed by atoms with E-state index in [4.69, 9.17) is 16.6 Å². The van der Waals surface area contributed by atoms with E-state index in [1.54, 1.807) is 0 Å². The Morgan fingerprint density at radius 1 is 1.24 bits per heavy atom. The number of hydrogen-bond acceptors (Lipinski definition) is 3. The number of aryl methyl sites for hydroxylation is 2. The Hall–Kier alpha value is -2.90. The number of allylic oxidation sites excluding steroid dienone is 4. The number of aromatic nitrogens is 3. The van der Waals surface area contributed by atoms with E-state index in [0.29, 0.717) is 0 Å². The zero-order valence-corrected chi connectivity index (χ0v) is 21.0. The first-order valence-electron chi connectivity index (χ1n) is 12.3. The number of nitrogens with zero attached hydrogens (tertiary/aromatic N) is 4. The van der Waals surface area contributed by atoms with E-state index in [-0.39, 0.29) is 0 Å². The van der Waals surface area contributed by atoms with Gasteiger partial charge in [0.25, 0.3) is 0 Å². The average molecular weight is 471 g/mol. The van der Waals surface area contributed by atoms with Crippen molar-refractivity contribution in [2.24, 2.45) is 13.0 Å². The molecule has 1 saturated carbocycles. The van der Waals surface area contributed by atoms with Gasteiger partial charge in [-0.3, -0.25) is 4.98 Å². The molecular formula is C29H31ClN4. The number of imidazole rings is 1. The predicted molar refractivity (Wildman–Crippen MR) is 138 cm³/mol. The Labute approximate surface area is 207 Å². The van der Waals surface area contributed by atoms with E-state index >= 15 is 0 Å². The standard InChI is InChI=1S/C29H31ClN4/c1-4-25-23(13-9-19-5-6-19)28(30)24-15-22(12-14-26(24)33-25)29(2,27-17-32-18-34(27)3)21-10-7-20(16-31)8-11-21/h7,10,12,14-15,17-19H,4-6,8-9,11,13H2,1-3H3. The van der Waals surface area contributed by atoms with Gasteiger partial charge in [0.05, 0.1) is 34.0 Å². The van der Waals surface area contributed by atoms with Crippen LogP contribution < -0.4 is 0 Å². The third kappa shape index (κ3) is 3.97. The van der Waals surface area contributed by atoms with Crippen LogP contribution in [0.3, 0.4) is 0 Å². The molecule has 174 valence electrons. The van der Waals surface area contributed by atoms with Crippen molar-refractivity contribution >= 4 is 22.5 Å². The van der Waals surface area contributed by atoms with Gasteiger partial charge in [0, 0.05) is 29.9 Å². The predicted octanol–water partition coefficient (Wildman–Crippen LogP) is 7.00. The second-order valence-electron chi connectivity index (χ2n) is 9.93. The Bertz CT molecular complexity index is 1350. The number of benzene rings is 1. The fourth-order valence-electron chi connectivity index (χ4n) is 5.41. The Kier molecular flexibility index (Phi) is 6.08. The smallest absolute Gasteiger partial charge is 0.0947 e. The van der Waals surface area contributed by atoms with Gasteiger partial charge in [-0.25, -0.2) is 4.98 Å². The molecule has 1 aromatic carbocycles. The summed E-state index contributed by atoms with van der Waals surface area (Å²) in [5.41, 5.74) is 7.31. The zero-order valence-electron chi connectivity index (χ0n) is 20.2. The summed E-state index contributed by atoms with van der Waals surface area (Å²) in [6.45, 7) is 4.43. The second kappa shape index (κ2) is 9.04. The first-order valence-corrected chi connectivity index (χ1v) is 12.7. The first kappa shape index (κ1) is 22.9. The average Bonchev–Trinajstić information content (AvgIpc) is 3.60. The van der Waals surface area contributed by atoms with E-state index in [2.05, 4.69) is 53.7 Å². The molecule has 0 radical (unpaired) electrons. The minimum absolute atomic E-state index is 0.391. The van der Waals surface area contributed by atoms with Gasteiger partial charge < -0.3 is 4.57 Å². The number of halogens is 1. The van der Waals surface area contributed by atoms with E-state index in [0.717, 1.165) is 64.5 Å². The summed E-state index contributed by atoms with van der Waals surface area (Å²) in [5, 5.41) is 11.2. The lowest BCUT2D eigenvalue weighted by Crippen LogP contribution is -2.29. The quantitative estimate of drug-likeness (QED) is 0.373. The maximum Gasteiger partial charge on any atom is 0.0947 e. The van der Waals surface area contributed by atoms with Crippen LogP contribution in [0.1, 0.15) is 68.5 Å². The van der Waals surface area contributed by atoms with Crippen LogP contribution >= 0.6 is 11.6 Å². The molecule has 1 fully saturated rings. The molecule has 5 rings (SSSR count). The fourth-order valence-corrected chi connectivity index (χ4v) is 5.76. The van der Waals surface area contributed by atoms with Crippen LogP contribution in [0.15, 0.2) is 54.0 Å². The summed E-state index contributed by atoms with van der Waals surface area (Å²) in [4.78, 5) is 9.46. The monoisotopic (exact) mass is 470 g/mol. The van der Waals surface area contributed by atoms with Gasteiger partial charge in [-0.15, -0.1) is 0 Å². The molecule has 0 N–H and O–H groups in total. The Morgan fingerprint density at radius 3 is 2.68 bits per heavy atom. The SMILES string of the molecule is CCc1nc2ccc(C(C)(C3=CC=C(C#N)CC3)c3cncn3C)cc2c(Cl)c1CCC1CC1. The third-order valence-electron chi connectivity index (χ3n) is 7.78. The lowest BCUT2D eigenvalue weighted by Gasteiger charge is -2.35. The maximum absolute atomic E-state index is 9.34. The van der Waals surface area contributed by atoms with Gasteiger partial charge in [-0.05, 0) is 74.3 Å². The van der Waals surface area contributed by atoms with Crippen LogP contribution in [0.5, 0.6) is 0 Å². The highest BCUT2D eigenvalue weighted by Gasteiger charge is 2.36. The van der Waals surface area contributed by atoms with Crippen LogP contribution in [0.25, 0.3) is 10.9 Å². The molecule has 0 amide bonds. The summed E-state index contributed by atoms with van der Waals surface area (Å²) < 4.78 is 2.09. The number of nitriles is 1. The van der Waals surface area contributed by atoms with Gasteiger partial charge in [-0.2, -0.15) is 5.26 Å². The van der Waals surface area contributed by atoms with Gasteiger partial charge in [0.15, 0.2) is 0 Å². The van der Waals surface area contributed by atoms with Crippen molar-refractivity contribution in [3.05, 3.63) is 81.6 Å². The Morgan fingerprint density at radius 2 is 2.06 bits per heavy atom. The molecule has 2 aliphatic rings. The van der Waals surface area contributed by atoms with Crippen LogP contribution in [-0.4, -0.2) is 14.5 Å². The van der Waals surface area contributed by atoms with Gasteiger partial charge in [0.2, 0.25) is 0 Å². The highest BCUT2D eigenvalue weighted by atomic mass is 35.5. The molecule has 2 aromatic heterocycles. The molecular weight excluding hydrogens is 440 g/mol. The fraction of sp³-hybridized carbons (Fsp3) is 0.414. The lowest BCUT2D eigenvalue weighted by atomic mass is 9.70. The summed E-state index contributed by atoms with van der Waals surface area (Å²) in [5.74, 6) is 0.862. The summed E-state index contributed by atoms with van der Waals surface area (Å²) in [6, 6.07) is 8.85. The topological polar surface area (TPSA) is 54.5 Å². The molecule has 3 aromatic rings. The highest BCUT2D eigenvalue weighted by molar-refractivity contribution is 6.36. The molecule has 0 aliphatic heterocycles. The number of pyridine rings is 1. The normalized spacial score (nSPS) is 17.7. The van der Waals surface area contributed by atoms with E-state index in [9.17, 15) is 5.26 Å². The van der Waals surface area contributed by atoms with Crippen molar-refractivity contribution in [2.75, 3.05) is 0 Å². The Balaban J connectivity index is 1.67. The number of fused-ring (bicyclic) bond motifs is 1. The summed E-state index contributed by atoms with van der Waals surface area (Å²) >= 11 is 7.11. The van der Waals surface area contributed by atoms with Crippen LogP contribution in [0.2, 0.25) is 5.02 Å². The molecule has 2 aliphatic carbocycles. The third-order valence-corrected chi connectivity index (χ3v) is 8.21. The van der Waals surface area contributed by atoms with Crippen molar-refractivity contribution in [3.63, 3.8) is 0 Å². The van der Waals surface area contributed by atoms with Crippen molar-refractivity contribution in [3.8, 4) is 6.07 Å². The molecule has 0 saturated heterocycles. The maximum atomic E-state index is 9.34. The van der Waals surface area contributed by atoms with Crippen molar-refractivity contribution in [1.82, 2.24) is 14.5 Å². The van der Waals surface area contributed by atoms with E-state index in [1.807, 2.05) is 25.6 Å². The first-order chi connectivity index (χ1) is 16.5. The molecule has 4 nitrogen and oxygen atoms in total. The number of rotatable bonds is 7. The van der Waals surface area contributed by atoms with Gasteiger partial charge in [-0.1, -0.05) is 49.1 Å². The van der Waals surface area contributed by atoms with Crippen LogP contribution in [0, 0.1) is 17.2 Å². The van der Waals surface area contributed by atoms with Gasteiger partial charge in [0.1, 0.15) is 0 Å². The molecule has 34 heavy (non-hydrogen) atoms. The minimum atomic E-state index is -0.391. The lowest BCUT2D eigenvalue weighted by molar-refractivity contribution is 0.584. The minimum Gasteiger partial charge on any atom is -0.337 e. The molecule has 0 bridgehead atoms. The molecule has 2 heterocycles. The molecule has 1 atom stereocenters. The summed E-state index contributed by atoms with van der Waals surface area (Å²) in [6.07, 6.45) is 15.3. The van der Waals surface area contributed by atoms with Crippen molar-refractivity contribution in [2.45, 2.75) is 64.2 Å². The largest absolute Gasteiger partial charge is 0.337 e. The molecule has 1 unspecified atom stereocenters. The second-order valence-corrected chi connectivity index (χ2v) is 10.3. The van der Waals surface area contributed by atoms with Crippen molar-refractivity contribution in [1.29, 1.82) is 5.26 Å². The van der Waals surface area contributed by atoms with E-state index in [1.165, 1.54) is 36.0 Å². The van der Waals surface area contributed by atoms with Gasteiger partial charge >= 0.3 is 0 Å². The molecule has 0 spiro atoms.